The van der Waals surface area contributed by atoms with Gasteiger partial charge in [-0.3, -0.25) is 9.69 Å². The van der Waals surface area contributed by atoms with E-state index in [9.17, 15) is 15.2 Å². The Morgan fingerprint density at radius 1 is 1.33 bits per heavy atom. The van der Waals surface area contributed by atoms with Gasteiger partial charge in [0.2, 0.25) is 5.91 Å². The quantitative estimate of drug-likeness (QED) is 0.733. The number of carbonyl (C=O) groups excluding carboxylic acids is 1. The predicted molar refractivity (Wildman–Crippen MR) is 82.6 cm³/mol. The van der Waals surface area contributed by atoms with Gasteiger partial charge in [-0.25, -0.2) is 0 Å². The van der Waals surface area contributed by atoms with Crippen LogP contribution in [0.2, 0.25) is 0 Å². The van der Waals surface area contributed by atoms with E-state index in [1.807, 2.05) is 11.8 Å². The van der Waals surface area contributed by atoms with Crippen molar-refractivity contribution in [3.8, 4) is 6.07 Å². The second kappa shape index (κ2) is 7.77. The molecule has 1 saturated carbocycles. The number of nitrogens with zero attached hydrogens (tertiary/aromatic N) is 2. The Balaban J connectivity index is 2.59. The van der Waals surface area contributed by atoms with E-state index in [0.29, 0.717) is 13.1 Å². The fourth-order valence-corrected chi connectivity index (χ4v) is 2.93. The highest BCUT2D eigenvalue weighted by molar-refractivity contribution is 5.79. The monoisotopic (exact) mass is 295 g/mol. The molecular formula is C16H29N3O2. The van der Waals surface area contributed by atoms with Gasteiger partial charge in [-0.2, -0.15) is 5.26 Å². The maximum atomic E-state index is 12.3. The van der Waals surface area contributed by atoms with Gasteiger partial charge in [0, 0.05) is 6.54 Å². The number of amides is 1. The van der Waals surface area contributed by atoms with Gasteiger partial charge in [-0.15, -0.1) is 0 Å². The van der Waals surface area contributed by atoms with Crippen LogP contribution in [0.15, 0.2) is 0 Å². The first kappa shape index (κ1) is 17.9. The summed E-state index contributed by atoms with van der Waals surface area (Å²) in [6.45, 7) is 6.79. The van der Waals surface area contributed by atoms with Crippen molar-refractivity contribution in [3.63, 3.8) is 0 Å². The van der Waals surface area contributed by atoms with Gasteiger partial charge < -0.3 is 10.4 Å². The summed E-state index contributed by atoms with van der Waals surface area (Å²) < 4.78 is 0. The first-order valence-corrected chi connectivity index (χ1v) is 7.97. The lowest BCUT2D eigenvalue weighted by Gasteiger charge is -2.30. The highest BCUT2D eigenvalue weighted by Gasteiger charge is 2.33. The van der Waals surface area contributed by atoms with Crippen molar-refractivity contribution in [2.45, 2.75) is 70.4 Å². The molecule has 0 aromatic rings. The van der Waals surface area contributed by atoms with Gasteiger partial charge in [0.15, 0.2) is 0 Å². The van der Waals surface area contributed by atoms with Crippen LogP contribution in [0.25, 0.3) is 0 Å². The van der Waals surface area contributed by atoms with Gasteiger partial charge in [0.05, 0.1) is 18.2 Å². The van der Waals surface area contributed by atoms with E-state index < -0.39 is 11.1 Å². The third kappa shape index (κ3) is 6.45. The zero-order valence-electron chi connectivity index (χ0n) is 13.6. The van der Waals surface area contributed by atoms with E-state index >= 15 is 0 Å². The first-order chi connectivity index (χ1) is 9.80. The second-order valence-corrected chi connectivity index (χ2v) is 6.77. The molecule has 0 aromatic heterocycles. The van der Waals surface area contributed by atoms with Crippen LogP contribution in [0, 0.1) is 11.3 Å². The van der Waals surface area contributed by atoms with Gasteiger partial charge in [-0.1, -0.05) is 32.6 Å². The summed E-state index contributed by atoms with van der Waals surface area (Å²) in [4.78, 5) is 14.2. The van der Waals surface area contributed by atoms with Crippen LogP contribution in [0.1, 0.15) is 59.3 Å². The van der Waals surface area contributed by atoms with E-state index in [4.69, 9.17) is 0 Å². The van der Waals surface area contributed by atoms with Crippen LogP contribution < -0.4 is 5.32 Å². The van der Waals surface area contributed by atoms with E-state index in [1.165, 1.54) is 0 Å². The summed E-state index contributed by atoms with van der Waals surface area (Å²) in [6, 6.07) is 2.33. The topological polar surface area (TPSA) is 76.4 Å². The van der Waals surface area contributed by atoms with E-state index in [0.717, 1.165) is 38.5 Å². The van der Waals surface area contributed by atoms with Gasteiger partial charge in [0.25, 0.3) is 0 Å². The van der Waals surface area contributed by atoms with Gasteiger partial charge >= 0.3 is 0 Å². The first-order valence-electron chi connectivity index (χ1n) is 7.97. The molecule has 21 heavy (non-hydrogen) atoms. The Morgan fingerprint density at radius 3 is 2.33 bits per heavy atom. The van der Waals surface area contributed by atoms with Gasteiger partial charge in [-0.05, 0) is 33.2 Å². The molecule has 0 bridgehead atoms. The summed E-state index contributed by atoms with van der Waals surface area (Å²) in [5.41, 5.74) is -1.52. The number of hydrogen-bond donors (Lipinski definition) is 2. The second-order valence-electron chi connectivity index (χ2n) is 6.77. The lowest BCUT2D eigenvalue weighted by Crippen LogP contribution is -2.51. The molecule has 0 spiro atoms. The predicted octanol–water partition coefficient (Wildman–Crippen LogP) is 1.81. The van der Waals surface area contributed by atoms with Crippen molar-refractivity contribution in [2.24, 2.45) is 0 Å². The Morgan fingerprint density at radius 2 is 1.90 bits per heavy atom. The van der Waals surface area contributed by atoms with Crippen molar-refractivity contribution >= 4 is 5.91 Å². The van der Waals surface area contributed by atoms with Crippen LogP contribution in [0.5, 0.6) is 0 Å². The minimum atomic E-state index is -0.828. The molecule has 5 nitrogen and oxygen atoms in total. The SMILES string of the molecule is CCN(CC(=O)NC1(C#N)CCCCCC1)CC(C)(C)O. The lowest BCUT2D eigenvalue weighted by molar-refractivity contribution is -0.124. The highest BCUT2D eigenvalue weighted by atomic mass is 16.3. The van der Waals surface area contributed by atoms with Crippen LogP contribution >= 0.6 is 0 Å². The van der Waals surface area contributed by atoms with Crippen LogP contribution in [-0.4, -0.2) is 46.7 Å². The van der Waals surface area contributed by atoms with Crippen molar-refractivity contribution in [1.29, 1.82) is 5.26 Å². The molecule has 120 valence electrons. The van der Waals surface area contributed by atoms with Gasteiger partial charge in [0.1, 0.15) is 5.54 Å². The molecule has 5 heteroatoms. The molecule has 0 aliphatic heterocycles. The number of likely N-dealkylation sites (N-methyl/N-ethyl adjacent to an activating group) is 1. The van der Waals surface area contributed by atoms with Crippen molar-refractivity contribution in [2.75, 3.05) is 19.6 Å². The van der Waals surface area contributed by atoms with Crippen molar-refractivity contribution in [3.05, 3.63) is 0 Å². The number of nitriles is 1. The molecule has 1 aliphatic rings. The fraction of sp³-hybridized carbons (Fsp3) is 0.875. The molecule has 1 rings (SSSR count). The Labute approximate surface area is 128 Å². The maximum Gasteiger partial charge on any atom is 0.235 e. The van der Waals surface area contributed by atoms with Crippen LogP contribution in [-0.2, 0) is 4.79 Å². The van der Waals surface area contributed by atoms with Crippen molar-refractivity contribution in [1.82, 2.24) is 10.2 Å². The number of aliphatic hydroxyl groups is 1. The third-order valence-corrected chi connectivity index (χ3v) is 3.97. The van der Waals surface area contributed by atoms with E-state index in [2.05, 4.69) is 11.4 Å². The van der Waals surface area contributed by atoms with Crippen molar-refractivity contribution < 1.29 is 9.90 Å². The summed E-state index contributed by atoms with van der Waals surface area (Å²) >= 11 is 0. The molecule has 0 atom stereocenters. The number of hydrogen-bond acceptors (Lipinski definition) is 4. The van der Waals surface area contributed by atoms with Crippen LogP contribution in [0.4, 0.5) is 0 Å². The van der Waals surface area contributed by atoms with E-state index in [1.54, 1.807) is 13.8 Å². The minimum absolute atomic E-state index is 0.121. The van der Waals surface area contributed by atoms with Crippen LogP contribution in [0.3, 0.4) is 0 Å². The average molecular weight is 295 g/mol. The summed E-state index contributed by atoms with van der Waals surface area (Å²) in [6.07, 6.45) is 5.75. The minimum Gasteiger partial charge on any atom is -0.389 e. The Hall–Kier alpha value is -1.12. The number of nitrogens with one attached hydrogen (secondary N) is 1. The molecule has 0 saturated heterocycles. The summed E-state index contributed by atoms with van der Waals surface area (Å²) in [5.74, 6) is -0.121. The molecule has 0 unspecified atom stereocenters. The molecular weight excluding hydrogens is 266 g/mol. The molecule has 1 aliphatic carbocycles. The van der Waals surface area contributed by atoms with E-state index in [-0.39, 0.29) is 12.5 Å². The average Bonchev–Trinajstić information content (AvgIpc) is 2.62. The zero-order valence-corrected chi connectivity index (χ0v) is 13.6. The molecule has 2 N–H and O–H groups in total. The zero-order chi connectivity index (χ0) is 15.9. The third-order valence-electron chi connectivity index (χ3n) is 3.97. The number of carbonyl (C=O) groups is 1. The summed E-state index contributed by atoms with van der Waals surface area (Å²) in [7, 11) is 0. The standard InChI is InChI=1S/C16H29N3O2/c1-4-19(13-15(2,3)21)11-14(20)18-16(12-17)9-7-5-6-8-10-16/h21H,4-11,13H2,1-3H3,(H,18,20). The molecule has 0 heterocycles. The molecule has 0 aromatic carbocycles. The normalized spacial score (nSPS) is 18.9. The largest absolute Gasteiger partial charge is 0.389 e. The Bertz CT molecular complexity index is 374. The highest BCUT2D eigenvalue weighted by Crippen LogP contribution is 2.26. The Kier molecular flexibility index (Phi) is 6.63. The molecule has 1 fully saturated rings. The molecule has 0 radical (unpaired) electrons. The number of rotatable bonds is 6. The smallest absolute Gasteiger partial charge is 0.235 e. The fourth-order valence-electron chi connectivity index (χ4n) is 2.93. The summed E-state index contributed by atoms with van der Waals surface area (Å²) in [5, 5.41) is 22.3. The lowest BCUT2D eigenvalue weighted by atomic mass is 9.92. The molecule has 1 amide bonds. The maximum absolute atomic E-state index is 12.3.